The van der Waals surface area contributed by atoms with E-state index in [1.807, 2.05) is 6.26 Å². The van der Waals surface area contributed by atoms with Crippen LogP contribution in [-0.2, 0) is 14.3 Å². The molecule has 1 rings (SSSR count). The Hall–Kier alpha value is -1.71. The number of nitrogens with two attached hydrogens (primary N) is 1. The standard InChI is InChI=1S/C16H23N3O4S2/c1-23-16(22)13(7-8-25-2)19-14(20)10-3-5-11(6-4-10)18-15(21)12(17)9-24/h3-6,12-13,24H,7-9,17H2,1-2H3,(H,18,21)(H,19,20)/t12-,13-/m0/s1. The largest absolute Gasteiger partial charge is 0.467 e. The number of hydrogen-bond donors (Lipinski definition) is 4. The van der Waals surface area contributed by atoms with Gasteiger partial charge in [0, 0.05) is 17.0 Å². The highest BCUT2D eigenvalue weighted by molar-refractivity contribution is 7.98. The summed E-state index contributed by atoms with van der Waals surface area (Å²) in [5, 5.41) is 5.30. The van der Waals surface area contributed by atoms with Crippen LogP contribution in [0.1, 0.15) is 16.8 Å². The van der Waals surface area contributed by atoms with E-state index < -0.39 is 18.1 Å². The Kier molecular flexibility index (Phi) is 9.40. The number of carbonyl (C=O) groups excluding carboxylic acids is 3. The van der Waals surface area contributed by atoms with Crippen LogP contribution in [0.15, 0.2) is 24.3 Å². The lowest BCUT2D eigenvalue weighted by Gasteiger charge is -2.16. The highest BCUT2D eigenvalue weighted by atomic mass is 32.2. The van der Waals surface area contributed by atoms with Crippen molar-refractivity contribution in [3.63, 3.8) is 0 Å². The fourth-order valence-electron chi connectivity index (χ4n) is 1.89. The predicted octanol–water partition coefficient (Wildman–Crippen LogP) is 0.907. The van der Waals surface area contributed by atoms with Gasteiger partial charge in [0.15, 0.2) is 0 Å². The molecule has 0 aromatic heterocycles. The average molecular weight is 386 g/mol. The molecule has 0 aliphatic rings. The molecule has 0 bridgehead atoms. The second-order valence-corrected chi connectivity index (χ2v) is 6.54. The minimum absolute atomic E-state index is 0.233. The SMILES string of the molecule is COC(=O)[C@H](CCSC)NC(=O)c1ccc(NC(=O)[C@@H](N)CS)cc1. The monoisotopic (exact) mass is 385 g/mol. The van der Waals surface area contributed by atoms with Crippen LogP contribution < -0.4 is 16.4 Å². The van der Waals surface area contributed by atoms with Crippen LogP contribution in [0.25, 0.3) is 0 Å². The van der Waals surface area contributed by atoms with Crippen LogP contribution in [0.3, 0.4) is 0 Å². The number of carbonyl (C=O) groups is 3. The molecule has 0 saturated heterocycles. The van der Waals surface area contributed by atoms with Gasteiger partial charge in [-0.3, -0.25) is 9.59 Å². The lowest BCUT2D eigenvalue weighted by molar-refractivity contribution is -0.142. The maximum Gasteiger partial charge on any atom is 0.328 e. The van der Waals surface area contributed by atoms with Crippen molar-refractivity contribution in [3.05, 3.63) is 29.8 Å². The first-order valence-electron chi connectivity index (χ1n) is 7.58. The molecule has 2 atom stereocenters. The minimum atomic E-state index is -0.705. The lowest BCUT2D eigenvalue weighted by atomic mass is 10.1. The summed E-state index contributed by atoms with van der Waals surface area (Å²) < 4.78 is 4.71. The number of rotatable bonds is 9. The lowest BCUT2D eigenvalue weighted by Crippen LogP contribution is -2.42. The van der Waals surface area contributed by atoms with E-state index in [2.05, 4.69) is 23.3 Å². The molecule has 0 aliphatic heterocycles. The van der Waals surface area contributed by atoms with Gasteiger partial charge >= 0.3 is 5.97 Å². The predicted molar refractivity (Wildman–Crippen MR) is 103 cm³/mol. The third kappa shape index (κ3) is 6.97. The van der Waals surface area contributed by atoms with Crippen LogP contribution in [0, 0.1) is 0 Å². The van der Waals surface area contributed by atoms with E-state index in [9.17, 15) is 14.4 Å². The van der Waals surface area contributed by atoms with Crippen molar-refractivity contribution < 1.29 is 19.1 Å². The van der Waals surface area contributed by atoms with E-state index in [4.69, 9.17) is 10.5 Å². The molecule has 0 radical (unpaired) electrons. The third-order valence-corrected chi connectivity index (χ3v) is 4.39. The fraction of sp³-hybridized carbons (Fsp3) is 0.438. The molecule has 1 aromatic carbocycles. The van der Waals surface area contributed by atoms with E-state index in [-0.39, 0.29) is 17.6 Å². The van der Waals surface area contributed by atoms with Crippen molar-refractivity contribution >= 4 is 47.9 Å². The zero-order chi connectivity index (χ0) is 18.8. The number of esters is 1. The summed E-state index contributed by atoms with van der Waals surface area (Å²) in [5.41, 5.74) is 6.47. The Morgan fingerprint density at radius 1 is 1.28 bits per heavy atom. The second-order valence-electron chi connectivity index (χ2n) is 5.19. The van der Waals surface area contributed by atoms with Crippen LogP contribution in [0.4, 0.5) is 5.69 Å². The van der Waals surface area contributed by atoms with Crippen molar-refractivity contribution in [2.24, 2.45) is 5.73 Å². The molecule has 0 heterocycles. The highest BCUT2D eigenvalue weighted by Gasteiger charge is 2.21. The summed E-state index contributed by atoms with van der Waals surface area (Å²) in [6, 6.07) is 4.89. The maximum absolute atomic E-state index is 12.3. The molecule has 0 aliphatic carbocycles. The van der Waals surface area contributed by atoms with Crippen LogP contribution in [0.2, 0.25) is 0 Å². The van der Waals surface area contributed by atoms with Crippen molar-refractivity contribution in [2.75, 3.05) is 30.2 Å². The summed E-state index contributed by atoms with van der Waals surface area (Å²) >= 11 is 5.54. The second kappa shape index (κ2) is 11.0. The molecule has 138 valence electrons. The first kappa shape index (κ1) is 21.3. The number of methoxy groups -OCH3 is 1. The quantitative estimate of drug-likeness (QED) is 0.371. The van der Waals surface area contributed by atoms with Gasteiger partial charge in [-0.1, -0.05) is 0 Å². The summed E-state index contributed by atoms with van der Waals surface area (Å²) in [4.78, 5) is 35.7. The molecule has 25 heavy (non-hydrogen) atoms. The van der Waals surface area contributed by atoms with Crippen molar-refractivity contribution in [1.29, 1.82) is 0 Å². The van der Waals surface area contributed by atoms with Gasteiger partial charge in [0.25, 0.3) is 5.91 Å². The molecule has 7 nitrogen and oxygen atoms in total. The molecular formula is C16H23N3O4S2. The fourth-order valence-corrected chi connectivity index (χ4v) is 2.53. The Labute approximate surface area is 156 Å². The molecule has 0 saturated carbocycles. The molecule has 2 amide bonds. The summed E-state index contributed by atoms with van der Waals surface area (Å²) in [5.74, 6) is -0.267. The van der Waals surface area contributed by atoms with E-state index >= 15 is 0 Å². The molecule has 4 N–H and O–H groups in total. The molecule has 0 unspecified atom stereocenters. The molecule has 0 spiro atoms. The Morgan fingerprint density at radius 3 is 2.44 bits per heavy atom. The zero-order valence-electron chi connectivity index (χ0n) is 14.2. The average Bonchev–Trinajstić information content (AvgIpc) is 2.63. The van der Waals surface area contributed by atoms with E-state index in [0.717, 1.165) is 5.75 Å². The summed E-state index contributed by atoms with van der Waals surface area (Å²) in [6.45, 7) is 0. The van der Waals surface area contributed by atoms with Gasteiger partial charge in [-0.25, -0.2) is 4.79 Å². The number of anilines is 1. The van der Waals surface area contributed by atoms with Crippen LogP contribution in [0.5, 0.6) is 0 Å². The highest BCUT2D eigenvalue weighted by Crippen LogP contribution is 2.11. The van der Waals surface area contributed by atoms with Gasteiger partial charge in [-0.05, 0) is 42.7 Å². The summed E-state index contributed by atoms with van der Waals surface area (Å²) in [7, 11) is 1.29. The van der Waals surface area contributed by atoms with E-state index in [1.165, 1.54) is 7.11 Å². The van der Waals surface area contributed by atoms with Gasteiger partial charge in [-0.2, -0.15) is 24.4 Å². The topological polar surface area (TPSA) is 111 Å². The first-order valence-corrected chi connectivity index (χ1v) is 9.60. The van der Waals surface area contributed by atoms with Gasteiger partial charge in [-0.15, -0.1) is 0 Å². The Bertz CT molecular complexity index is 596. The number of thioether (sulfide) groups is 1. The van der Waals surface area contributed by atoms with E-state index in [0.29, 0.717) is 17.7 Å². The molecule has 9 heteroatoms. The smallest absolute Gasteiger partial charge is 0.328 e. The number of thiol groups is 1. The zero-order valence-corrected chi connectivity index (χ0v) is 15.9. The van der Waals surface area contributed by atoms with Crippen molar-refractivity contribution in [2.45, 2.75) is 18.5 Å². The van der Waals surface area contributed by atoms with Crippen molar-refractivity contribution in [3.8, 4) is 0 Å². The number of amides is 2. The molecule has 1 aromatic rings. The Morgan fingerprint density at radius 2 is 1.92 bits per heavy atom. The van der Waals surface area contributed by atoms with Gasteiger partial charge in [0.1, 0.15) is 6.04 Å². The molecular weight excluding hydrogens is 362 g/mol. The van der Waals surface area contributed by atoms with Gasteiger partial charge < -0.3 is 21.1 Å². The Balaban J connectivity index is 2.71. The third-order valence-electron chi connectivity index (χ3n) is 3.35. The van der Waals surface area contributed by atoms with Crippen molar-refractivity contribution in [1.82, 2.24) is 5.32 Å². The maximum atomic E-state index is 12.3. The minimum Gasteiger partial charge on any atom is -0.467 e. The van der Waals surface area contributed by atoms with Crippen LogP contribution >= 0.6 is 24.4 Å². The first-order chi connectivity index (χ1) is 11.9. The number of nitrogens with one attached hydrogen (secondary N) is 2. The number of hydrogen-bond acceptors (Lipinski definition) is 7. The van der Waals surface area contributed by atoms with Crippen LogP contribution in [-0.4, -0.2) is 54.7 Å². The van der Waals surface area contributed by atoms with Gasteiger partial charge in [0.2, 0.25) is 5.91 Å². The number of benzene rings is 1. The number of ether oxygens (including phenoxy) is 1. The van der Waals surface area contributed by atoms with E-state index in [1.54, 1.807) is 36.0 Å². The normalized spacial score (nSPS) is 12.8. The van der Waals surface area contributed by atoms with Gasteiger partial charge in [0.05, 0.1) is 13.2 Å². The molecule has 0 fully saturated rings. The summed E-state index contributed by atoms with van der Waals surface area (Å²) in [6.07, 6.45) is 2.40.